The van der Waals surface area contributed by atoms with Gasteiger partial charge in [-0.15, -0.1) is 0 Å². The highest BCUT2D eigenvalue weighted by Crippen LogP contribution is 2.41. The molecule has 0 bridgehead atoms. The highest BCUT2D eigenvalue weighted by atomic mass is 16.2. The van der Waals surface area contributed by atoms with Crippen molar-refractivity contribution in [3.8, 4) is 0 Å². The lowest BCUT2D eigenvalue weighted by Gasteiger charge is -2.38. The van der Waals surface area contributed by atoms with Crippen LogP contribution in [0.4, 0.5) is 11.4 Å². The van der Waals surface area contributed by atoms with Gasteiger partial charge < -0.3 is 10.2 Å². The molecule has 29 heavy (non-hydrogen) atoms. The van der Waals surface area contributed by atoms with Crippen molar-refractivity contribution in [1.29, 1.82) is 0 Å². The summed E-state index contributed by atoms with van der Waals surface area (Å²) >= 11 is 0. The fourth-order valence-corrected chi connectivity index (χ4v) is 4.16. The van der Waals surface area contributed by atoms with Crippen LogP contribution in [-0.4, -0.2) is 30.3 Å². The van der Waals surface area contributed by atoms with Crippen LogP contribution in [0.5, 0.6) is 0 Å². The summed E-state index contributed by atoms with van der Waals surface area (Å²) in [5.74, 6) is -0.293. The van der Waals surface area contributed by atoms with Crippen LogP contribution in [-0.2, 0) is 9.59 Å². The molecule has 2 heterocycles. The Hall–Kier alpha value is -3.15. The van der Waals surface area contributed by atoms with E-state index in [2.05, 4.69) is 5.32 Å². The number of hydrogen-bond acceptors (Lipinski definition) is 3. The van der Waals surface area contributed by atoms with Crippen molar-refractivity contribution in [3.63, 3.8) is 0 Å². The predicted octanol–water partition coefficient (Wildman–Crippen LogP) is 3.43. The van der Waals surface area contributed by atoms with Gasteiger partial charge in [-0.1, -0.05) is 37.3 Å². The van der Waals surface area contributed by atoms with E-state index in [1.54, 1.807) is 28.0 Å². The van der Waals surface area contributed by atoms with Crippen LogP contribution in [0.1, 0.15) is 55.1 Å². The van der Waals surface area contributed by atoms with Gasteiger partial charge >= 0.3 is 0 Å². The molecule has 2 atom stereocenters. The van der Waals surface area contributed by atoms with Crippen molar-refractivity contribution in [3.05, 3.63) is 59.7 Å². The molecule has 6 heteroatoms. The third-order valence-corrected chi connectivity index (χ3v) is 5.65. The first-order valence-electron chi connectivity index (χ1n) is 10.1. The van der Waals surface area contributed by atoms with Crippen LogP contribution in [0.2, 0.25) is 0 Å². The summed E-state index contributed by atoms with van der Waals surface area (Å²) < 4.78 is 0. The van der Waals surface area contributed by atoms with Crippen molar-refractivity contribution in [1.82, 2.24) is 5.32 Å². The van der Waals surface area contributed by atoms with Gasteiger partial charge in [0, 0.05) is 18.5 Å². The first kappa shape index (κ1) is 19.2. The quantitative estimate of drug-likeness (QED) is 0.849. The Morgan fingerprint density at radius 2 is 1.90 bits per heavy atom. The molecule has 2 aromatic rings. The Morgan fingerprint density at radius 3 is 2.62 bits per heavy atom. The number of anilines is 2. The van der Waals surface area contributed by atoms with Gasteiger partial charge in [-0.25, -0.2) is 0 Å². The molecule has 0 aliphatic carbocycles. The van der Waals surface area contributed by atoms with Crippen molar-refractivity contribution < 1.29 is 14.4 Å². The van der Waals surface area contributed by atoms with Crippen LogP contribution in [0.15, 0.2) is 48.5 Å². The maximum Gasteiger partial charge on any atom is 0.251 e. The van der Waals surface area contributed by atoms with Gasteiger partial charge in [0.15, 0.2) is 0 Å². The second-order valence-electron chi connectivity index (χ2n) is 7.62. The summed E-state index contributed by atoms with van der Waals surface area (Å²) in [6.07, 6.45) is 1.73. The second kappa shape index (κ2) is 7.70. The second-order valence-corrected chi connectivity index (χ2v) is 7.62. The van der Waals surface area contributed by atoms with Gasteiger partial charge in [0.1, 0.15) is 6.04 Å². The zero-order valence-corrected chi connectivity index (χ0v) is 16.7. The smallest absolute Gasteiger partial charge is 0.251 e. The van der Waals surface area contributed by atoms with Gasteiger partial charge in [0.2, 0.25) is 11.8 Å². The van der Waals surface area contributed by atoms with Gasteiger partial charge in [-0.05, 0) is 43.5 Å². The molecule has 0 unspecified atom stereocenters. The number of fused-ring (bicyclic) bond motifs is 3. The number of amides is 3. The Kier molecular flexibility index (Phi) is 5.09. The monoisotopic (exact) mass is 391 g/mol. The summed E-state index contributed by atoms with van der Waals surface area (Å²) in [6.45, 7) is 4.51. The molecule has 0 radical (unpaired) electrons. The summed E-state index contributed by atoms with van der Waals surface area (Å²) in [7, 11) is 0. The number of rotatable bonds is 5. The summed E-state index contributed by atoms with van der Waals surface area (Å²) in [6, 6.07) is 14.5. The third kappa shape index (κ3) is 3.39. The molecular formula is C23H25N3O3. The van der Waals surface area contributed by atoms with E-state index in [0.717, 1.165) is 17.7 Å². The number of carbonyl (C=O) groups excluding carboxylic acids is 3. The van der Waals surface area contributed by atoms with E-state index < -0.39 is 6.04 Å². The fraction of sp³-hybridized carbons (Fsp3) is 0.348. The number of hydrogen-bond donors (Lipinski definition) is 1. The summed E-state index contributed by atoms with van der Waals surface area (Å²) in [5.41, 5.74) is 2.86. The largest absolute Gasteiger partial charge is 0.346 e. The minimum absolute atomic E-state index is 0.0318. The standard InChI is InChI=1S/C23H25N3O3/c1-3-13-25-20-14-17(22(28)24-15(2)16-7-5-4-6-8-16)9-10-18(20)26-19(23(25)29)11-12-21(26)27/h4-10,14-15,19H,3,11-13H2,1-2H3,(H,24,28)/t15-,19+/m0/s1. The van der Waals surface area contributed by atoms with Crippen molar-refractivity contribution >= 4 is 29.1 Å². The van der Waals surface area contributed by atoms with Crippen molar-refractivity contribution in [2.45, 2.75) is 45.2 Å². The zero-order valence-electron chi connectivity index (χ0n) is 16.7. The average Bonchev–Trinajstić information content (AvgIpc) is 3.13. The van der Waals surface area contributed by atoms with E-state index in [9.17, 15) is 14.4 Å². The van der Waals surface area contributed by atoms with Gasteiger partial charge in [-0.2, -0.15) is 0 Å². The minimum Gasteiger partial charge on any atom is -0.346 e. The van der Waals surface area contributed by atoms with Crippen LogP contribution in [0.25, 0.3) is 0 Å². The minimum atomic E-state index is -0.417. The van der Waals surface area contributed by atoms with Crippen LogP contribution in [0.3, 0.4) is 0 Å². The van der Waals surface area contributed by atoms with Gasteiger partial charge in [-0.3, -0.25) is 19.3 Å². The Labute approximate surface area is 170 Å². The van der Waals surface area contributed by atoms with Crippen LogP contribution >= 0.6 is 0 Å². The lowest BCUT2D eigenvalue weighted by molar-refractivity contribution is -0.122. The third-order valence-electron chi connectivity index (χ3n) is 5.65. The number of nitrogens with one attached hydrogen (secondary N) is 1. The molecule has 2 aliphatic rings. The molecule has 0 aromatic heterocycles. The van der Waals surface area contributed by atoms with E-state index in [4.69, 9.17) is 0 Å². The molecule has 1 fully saturated rings. The summed E-state index contributed by atoms with van der Waals surface area (Å²) in [5, 5.41) is 3.01. The van der Waals surface area contributed by atoms with Gasteiger partial charge in [0.25, 0.3) is 5.91 Å². The molecule has 1 N–H and O–H groups in total. The Balaban J connectivity index is 1.65. The number of benzene rings is 2. The number of carbonyl (C=O) groups is 3. The highest BCUT2D eigenvalue weighted by Gasteiger charge is 2.44. The normalized spacial score (nSPS) is 19.0. The molecule has 2 aromatic carbocycles. The van der Waals surface area contributed by atoms with Crippen molar-refractivity contribution in [2.75, 3.05) is 16.3 Å². The number of nitrogens with zero attached hydrogens (tertiary/aromatic N) is 2. The van der Waals surface area contributed by atoms with Gasteiger partial charge in [0.05, 0.1) is 17.4 Å². The predicted molar refractivity (Wildman–Crippen MR) is 112 cm³/mol. The first-order valence-corrected chi connectivity index (χ1v) is 10.1. The molecule has 3 amide bonds. The molecule has 6 nitrogen and oxygen atoms in total. The fourth-order valence-electron chi connectivity index (χ4n) is 4.16. The zero-order chi connectivity index (χ0) is 20.5. The van der Waals surface area contributed by atoms with E-state index >= 15 is 0 Å². The Bertz CT molecular complexity index is 957. The molecule has 0 saturated carbocycles. The van der Waals surface area contributed by atoms with E-state index in [1.807, 2.05) is 44.2 Å². The lowest BCUT2D eigenvalue weighted by Crippen LogP contribution is -2.52. The van der Waals surface area contributed by atoms with Crippen LogP contribution < -0.4 is 15.1 Å². The summed E-state index contributed by atoms with van der Waals surface area (Å²) in [4.78, 5) is 41.6. The molecular weight excluding hydrogens is 366 g/mol. The van der Waals surface area contributed by atoms with Crippen LogP contribution in [0, 0.1) is 0 Å². The molecule has 1 saturated heterocycles. The molecule has 150 valence electrons. The molecule has 0 spiro atoms. The van der Waals surface area contributed by atoms with E-state index in [1.165, 1.54) is 0 Å². The molecule has 4 rings (SSSR count). The lowest BCUT2D eigenvalue weighted by atomic mass is 10.0. The maximum atomic E-state index is 13.0. The van der Waals surface area contributed by atoms with E-state index in [0.29, 0.717) is 30.6 Å². The van der Waals surface area contributed by atoms with E-state index in [-0.39, 0.29) is 23.8 Å². The first-order chi connectivity index (χ1) is 14.0. The Morgan fingerprint density at radius 1 is 1.14 bits per heavy atom. The van der Waals surface area contributed by atoms with Crippen molar-refractivity contribution in [2.24, 2.45) is 0 Å². The highest BCUT2D eigenvalue weighted by molar-refractivity contribution is 6.15. The maximum absolute atomic E-state index is 13.0. The SMILES string of the molecule is CCCN1C(=O)[C@H]2CCC(=O)N2c2ccc(C(=O)N[C@@H](C)c3ccccc3)cc21. The topological polar surface area (TPSA) is 69.7 Å². The average molecular weight is 391 g/mol. The molecule has 2 aliphatic heterocycles.